The van der Waals surface area contributed by atoms with E-state index in [-0.39, 0.29) is 11.4 Å². The molecule has 0 aliphatic rings. The molecule has 0 fully saturated rings. The Kier molecular flexibility index (Phi) is 4.10. The zero-order valence-corrected chi connectivity index (χ0v) is 12.3. The molecule has 3 N–H and O–H groups in total. The van der Waals surface area contributed by atoms with Crippen molar-refractivity contribution >= 4 is 15.7 Å². The number of nitrogens with one attached hydrogen (secondary N) is 1. The van der Waals surface area contributed by atoms with Gasteiger partial charge in [-0.05, 0) is 31.0 Å². The van der Waals surface area contributed by atoms with Gasteiger partial charge in [0.25, 0.3) is 0 Å². The Bertz CT molecular complexity index is 693. The first-order valence-corrected chi connectivity index (χ1v) is 7.73. The van der Waals surface area contributed by atoms with E-state index in [1.165, 1.54) is 0 Å². The van der Waals surface area contributed by atoms with Gasteiger partial charge in [-0.2, -0.15) is 5.10 Å². The van der Waals surface area contributed by atoms with Crippen molar-refractivity contribution in [3.8, 4) is 0 Å². The van der Waals surface area contributed by atoms with Gasteiger partial charge in [0.1, 0.15) is 4.90 Å². The van der Waals surface area contributed by atoms with Crippen LogP contribution >= 0.6 is 0 Å². The minimum atomic E-state index is -3.61. The summed E-state index contributed by atoms with van der Waals surface area (Å²) < 4.78 is 28.9. The number of hydrogen-bond donors (Lipinski definition) is 2. The number of anilines is 1. The molecule has 1 aromatic heterocycles. The fourth-order valence-electron chi connectivity index (χ4n) is 1.96. The third-order valence-corrected chi connectivity index (χ3v) is 4.74. The number of sulfonamides is 1. The van der Waals surface area contributed by atoms with Crippen LogP contribution in [0.3, 0.4) is 0 Å². The Hall–Kier alpha value is -1.86. The molecule has 108 valence electrons. The maximum atomic E-state index is 12.3. The molecule has 0 saturated heterocycles. The van der Waals surface area contributed by atoms with Crippen LogP contribution in [0.15, 0.2) is 35.5 Å². The van der Waals surface area contributed by atoms with Crippen LogP contribution in [0.5, 0.6) is 0 Å². The Morgan fingerprint density at radius 3 is 2.65 bits per heavy atom. The standard InChI is InChI=1S/C13H18N4O2S/c1-10-4-5-11(2)13(12(10)14)20(18,19)16-7-9-17-8-3-6-15-17/h3-6,8,16H,7,9,14H2,1-2H3. The molecule has 6 nitrogen and oxygen atoms in total. The van der Waals surface area contributed by atoms with Crippen molar-refractivity contribution in [1.82, 2.24) is 14.5 Å². The van der Waals surface area contributed by atoms with Crippen LogP contribution in [0.25, 0.3) is 0 Å². The number of rotatable bonds is 5. The summed E-state index contributed by atoms with van der Waals surface area (Å²) in [6.07, 6.45) is 3.43. The summed E-state index contributed by atoms with van der Waals surface area (Å²) in [7, 11) is -3.61. The highest BCUT2D eigenvalue weighted by atomic mass is 32.2. The van der Waals surface area contributed by atoms with E-state index >= 15 is 0 Å². The van der Waals surface area contributed by atoms with Gasteiger partial charge in [0.05, 0.1) is 12.2 Å². The molecule has 0 spiro atoms. The zero-order chi connectivity index (χ0) is 14.8. The van der Waals surface area contributed by atoms with Gasteiger partial charge in [0, 0.05) is 18.9 Å². The predicted octanol–water partition coefficient (Wildman–Crippen LogP) is 1.06. The van der Waals surface area contributed by atoms with E-state index in [1.54, 1.807) is 43.1 Å². The number of hydrogen-bond acceptors (Lipinski definition) is 4. The Labute approximate surface area is 118 Å². The zero-order valence-electron chi connectivity index (χ0n) is 11.5. The molecule has 20 heavy (non-hydrogen) atoms. The molecule has 1 heterocycles. The first-order valence-electron chi connectivity index (χ1n) is 6.24. The average Bonchev–Trinajstić information content (AvgIpc) is 2.87. The maximum absolute atomic E-state index is 12.3. The molecular weight excluding hydrogens is 276 g/mol. The molecule has 7 heteroatoms. The van der Waals surface area contributed by atoms with Gasteiger partial charge in [-0.25, -0.2) is 13.1 Å². The number of aromatic nitrogens is 2. The second kappa shape index (κ2) is 5.64. The topological polar surface area (TPSA) is 90.0 Å². The Balaban J connectivity index is 2.16. The van der Waals surface area contributed by atoms with Gasteiger partial charge in [-0.3, -0.25) is 4.68 Å². The smallest absolute Gasteiger partial charge is 0.242 e. The van der Waals surface area contributed by atoms with Crippen LogP contribution in [-0.2, 0) is 16.6 Å². The van der Waals surface area contributed by atoms with E-state index in [4.69, 9.17) is 5.73 Å². The third-order valence-electron chi connectivity index (χ3n) is 3.07. The summed E-state index contributed by atoms with van der Waals surface area (Å²) in [6, 6.07) is 5.36. The van der Waals surface area contributed by atoms with Gasteiger partial charge in [0.15, 0.2) is 0 Å². The van der Waals surface area contributed by atoms with Crippen LogP contribution in [0.4, 0.5) is 5.69 Å². The average molecular weight is 294 g/mol. The maximum Gasteiger partial charge on any atom is 0.242 e. The lowest BCUT2D eigenvalue weighted by atomic mass is 10.1. The lowest BCUT2D eigenvalue weighted by Gasteiger charge is -2.13. The van der Waals surface area contributed by atoms with Gasteiger partial charge >= 0.3 is 0 Å². The minimum absolute atomic E-state index is 0.165. The van der Waals surface area contributed by atoms with E-state index in [0.717, 1.165) is 5.56 Å². The van der Waals surface area contributed by atoms with Crippen molar-refractivity contribution in [2.24, 2.45) is 0 Å². The summed E-state index contributed by atoms with van der Waals surface area (Å²) in [6.45, 7) is 4.25. The van der Waals surface area contributed by atoms with Crippen LogP contribution in [0.2, 0.25) is 0 Å². The molecule has 2 rings (SSSR count). The summed E-state index contributed by atoms with van der Waals surface area (Å²) in [5.74, 6) is 0. The largest absolute Gasteiger partial charge is 0.397 e. The third kappa shape index (κ3) is 3.00. The number of nitrogens with two attached hydrogens (primary N) is 1. The van der Waals surface area contributed by atoms with Crippen molar-refractivity contribution in [1.29, 1.82) is 0 Å². The first kappa shape index (κ1) is 14.5. The molecule has 0 unspecified atom stereocenters. The molecule has 0 saturated carbocycles. The lowest BCUT2D eigenvalue weighted by molar-refractivity contribution is 0.560. The molecule has 0 aliphatic heterocycles. The highest BCUT2D eigenvalue weighted by Crippen LogP contribution is 2.25. The van der Waals surface area contributed by atoms with Gasteiger partial charge < -0.3 is 5.73 Å². The van der Waals surface area contributed by atoms with Crippen LogP contribution in [-0.4, -0.2) is 24.7 Å². The highest BCUT2D eigenvalue weighted by Gasteiger charge is 2.20. The summed E-state index contributed by atoms with van der Waals surface area (Å²) in [5, 5.41) is 4.01. The highest BCUT2D eigenvalue weighted by molar-refractivity contribution is 7.89. The van der Waals surface area contributed by atoms with E-state index in [9.17, 15) is 8.42 Å². The molecule has 0 amide bonds. The Morgan fingerprint density at radius 1 is 1.30 bits per heavy atom. The fourth-order valence-corrected chi connectivity index (χ4v) is 3.41. The van der Waals surface area contributed by atoms with E-state index in [2.05, 4.69) is 9.82 Å². The number of nitrogens with zero attached hydrogens (tertiary/aromatic N) is 2. The van der Waals surface area contributed by atoms with Crippen molar-refractivity contribution in [3.63, 3.8) is 0 Å². The molecule has 0 atom stereocenters. The van der Waals surface area contributed by atoms with Crippen molar-refractivity contribution < 1.29 is 8.42 Å². The van der Waals surface area contributed by atoms with Crippen LogP contribution < -0.4 is 10.5 Å². The second-order valence-electron chi connectivity index (χ2n) is 4.61. The first-order chi connectivity index (χ1) is 9.42. The molecule has 0 radical (unpaired) electrons. The fraction of sp³-hybridized carbons (Fsp3) is 0.308. The monoisotopic (exact) mass is 294 g/mol. The Morgan fingerprint density at radius 2 is 2.00 bits per heavy atom. The molecule has 0 aliphatic carbocycles. The number of aryl methyl sites for hydroxylation is 2. The molecule has 2 aromatic rings. The van der Waals surface area contributed by atoms with E-state index < -0.39 is 10.0 Å². The van der Waals surface area contributed by atoms with Gasteiger partial charge in [-0.15, -0.1) is 0 Å². The SMILES string of the molecule is Cc1ccc(C)c(S(=O)(=O)NCCn2cccn2)c1N. The molecular formula is C13H18N4O2S. The summed E-state index contributed by atoms with van der Waals surface area (Å²) in [5.41, 5.74) is 7.59. The quantitative estimate of drug-likeness (QED) is 0.807. The summed E-state index contributed by atoms with van der Waals surface area (Å²) in [4.78, 5) is 0.165. The number of benzene rings is 1. The molecule has 0 bridgehead atoms. The van der Waals surface area contributed by atoms with Gasteiger partial charge in [0.2, 0.25) is 10.0 Å². The van der Waals surface area contributed by atoms with Crippen LogP contribution in [0, 0.1) is 13.8 Å². The van der Waals surface area contributed by atoms with Crippen molar-refractivity contribution in [3.05, 3.63) is 41.7 Å². The van der Waals surface area contributed by atoms with Gasteiger partial charge in [-0.1, -0.05) is 12.1 Å². The van der Waals surface area contributed by atoms with Crippen LogP contribution in [0.1, 0.15) is 11.1 Å². The van der Waals surface area contributed by atoms with E-state index in [1.807, 2.05) is 6.07 Å². The predicted molar refractivity (Wildman–Crippen MR) is 77.7 cm³/mol. The molecule has 1 aromatic carbocycles. The lowest BCUT2D eigenvalue weighted by Crippen LogP contribution is -2.29. The minimum Gasteiger partial charge on any atom is -0.397 e. The van der Waals surface area contributed by atoms with E-state index in [0.29, 0.717) is 17.8 Å². The van der Waals surface area contributed by atoms with Crippen molar-refractivity contribution in [2.45, 2.75) is 25.3 Å². The second-order valence-corrected chi connectivity index (χ2v) is 6.31. The number of nitrogen functional groups attached to an aromatic ring is 1. The normalized spacial score (nSPS) is 11.7. The van der Waals surface area contributed by atoms with Crippen molar-refractivity contribution in [2.75, 3.05) is 12.3 Å². The summed E-state index contributed by atoms with van der Waals surface area (Å²) >= 11 is 0.